The van der Waals surface area contributed by atoms with E-state index in [9.17, 15) is 0 Å². The second kappa shape index (κ2) is 16.5. The summed E-state index contributed by atoms with van der Waals surface area (Å²) in [5.74, 6) is -0.213. The third-order valence-electron chi connectivity index (χ3n) is 20.8. The average Bonchev–Trinajstić information content (AvgIpc) is 4.31. The molecule has 0 amide bonds. The minimum absolute atomic E-state index is 0.213. The van der Waals surface area contributed by atoms with Crippen LogP contribution in [0.2, 0.25) is 0 Å². The van der Waals surface area contributed by atoms with Crippen LogP contribution in [0.15, 0.2) is 212 Å². The molecule has 0 nitrogen and oxygen atoms in total. The topological polar surface area (TPSA) is 0 Å². The van der Waals surface area contributed by atoms with Crippen LogP contribution in [-0.2, 0) is 27.1 Å². The first-order valence-corrected chi connectivity index (χ1v) is 29.5. The first-order valence-electron chi connectivity index (χ1n) is 29.5. The van der Waals surface area contributed by atoms with Gasteiger partial charge in [-0.3, -0.25) is 0 Å². The molecule has 5 aliphatic carbocycles. The lowest BCUT2D eigenvalue weighted by Gasteiger charge is -2.29. The lowest BCUT2D eigenvalue weighted by atomic mass is 9.74. The number of hydrogen-bond acceptors (Lipinski definition) is 0. The fourth-order valence-electron chi connectivity index (χ4n) is 16.4. The van der Waals surface area contributed by atoms with E-state index in [0.29, 0.717) is 11.1 Å². The maximum Gasteiger partial charge on any atom is 0.140 e. The molecule has 11 aromatic rings. The molecule has 11 aromatic carbocycles. The smallest absolute Gasteiger partial charge is 0.140 e. The number of benzene rings is 11. The summed E-state index contributed by atoms with van der Waals surface area (Å²) in [7, 11) is 0. The van der Waals surface area contributed by atoms with E-state index < -0.39 is 0 Å². The molecule has 0 aromatic heterocycles. The summed E-state index contributed by atoms with van der Waals surface area (Å²) in [5.41, 5.74) is 32.6. The molecular formula is C81H65F. The highest BCUT2D eigenvalue weighted by molar-refractivity contribution is 6.10. The second-order valence-electron chi connectivity index (χ2n) is 26.8. The van der Waals surface area contributed by atoms with Crippen LogP contribution < -0.4 is 0 Å². The molecule has 0 spiro atoms. The van der Waals surface area contributed by atoms with Gasteiger partial charge in [0.05, 0.1) is 0 Å². The van der Waals surface area contributed by atoms with Crippen LogP contribution in [0.3, 0.4) is 0 Å². The summed E-state index contributed by atoms with van der Waals surface area (Å²) in [6.45, 7) is 23.5. The summed E-state index contributed by atoms with van der Waals surface area (Å²) >= 11 is 0. The molecule has 0 heterocycles. The highest BCUT2D eigenvalue weighted by atomic mass is 19.1. The van der Waals surface area contributed by atoms with Crippen LogP contribution in [0.1, 0.15) is 125 Å². The minimum atomic E-state index is -0.316. The fraction of sp³-hybridized carbons (Fsp3) is 0.185. The Morgan fingerprint density at radius 2 is 0.366 bits per heavy atom. The van der Waals surface area contributed by atoms with Gasteiger partial charge >= 0.3 is 0 Å². The van der Waals surface area contributed by atoms with Gasteiger partial charge in [-0.2, -0.15) is 0 Å². The van der Waals surface area contributed by atoms with Gasteiger partial charge in [0.25, 0.3) is 0 Å². The zero-order chi connectivity index (χ0) is 56.1. The van der Waals surface area contributed by atoms with Crippen molar-refractivity contribution in [1.82, 2.24) is 0 Å². The van der Waals surface area contributed by atoms with Gasteiger partial charge < -0.3 is 0 Å². The fourth-order valence-corrected chi connectivity index (χ4v) is 16.4. The Morgan fingerprint density at radius 1 is 0.195 bits per heavy atom. The largest absolute Gasteiger partial charge is 0.206 e. The molecule has 0 aliphatic heterocycles. The third kappa shape index (κ3) is 6.38. The molecule has 16 rings (SSSR count). The Balaban J connectivity index is 1.09. The van der Waals surface area contributed by atoms with Crippen LogP contribution in [0.5, 0.6) is 0 Å². The second-order valence-corrected chi connectivity index (χ2v) is 26.8. The summed E-state index contributed by atoms with van der Waals surface area (Å²) in [6.07, 6.45) is 0. The van der Waals surface area contributed by atoms with Crippen molar-refractivity contribution in [1.29, 1.82) is 0 Å². The van der Waals surface area contributed by atoms with E-state index in [0.717, 1.165) is 44.5 Å². The minimum Gasteiger partial charge on any atom is -0.206 e. The lowest BCUT2D eigenvalue weighted by molar-refractivity contribution is 0.634. The van der Waals surface area contributed by atoms with E-state index in [2.05, 4.69) is 282 Å². The molecule has 0 atom stereocenters. The van der Waals surface area contributed by atoms with Gasteiger partial charge in [-0.15, -0.1) is 0 Å². The molecule has 0 unspecified atom stereocenters. The van der Waals surface area contributed by atoms with E-state index in [1.54, 1.807) is 0 Å². The molecule has 0 radical (unpaired) electrons. The number of halogens is 1. The number of hydrogen-bond donors (Lipinski definition) is 0. The van der Waals surface area contributed by atoms with Crippen molar-refractivity contribution < 1.29 is 4.39 Å². The quantitative estimate of drug-likeness (QED) is 0.161. The van der Waals surface area contributed by atoms with E-state index >= 15 is 4.39 Å². The van der Waals surface area contributed by atoms with Gasteiger partial charge in [0.2, 0.25) is 0 Å². The maximum absolute atomic E-state index is 20.7. The van der Waals surface area contributed by atoms with Crippen molar-refractivity contribution in [2.24, 2.45) is 0 Å². The summed E-state index contributed by atoms with van der Waals surface area (Å²) in [4.78, 5) is 0. The molecule has 0 fully saturated rings. The summed E-state index contributed by atoms with van der Waals surface area (Å²) < 4.78 is 20.7. The van der Waals surface area contributed by atoms with Crippen molar-refractivity contribution in [2.45, 2.75) is 96.3 Å². The molecule has 396 valence electrons. The summed E-state index contributed by atoms with van der Waals surface area (Å²) in [6, 6.07) is 79.4. The van der Waals surface area contributed by atoms with Gasteiger partial charge in [-0.05, 0) is 175 Å². The number of fused-ring (bicyclic) bond motifs is 15. The van der Waals surface area contributed by atoms with Crippen molar-refractivity contribution in [3.63, 3.8) is 0 Å². The Hall–Kier alpha value is -8.65. The summed E-state index contributed by atoms with van der Waals surface area (Å²) in [5, 5.41) is 0. The van der Waals surface area contributed by atoms with Crippen LogP contribution in [-0.4, -0.2) is 0 Å². The molecule has 82 heavy (non-hydrogen) atoms. The lowest BCUT2D eigenvalue weighted by Crippen LogP contribution is -2.16. The molecular weight excluding hydrogens is 992 g/mol. The van der Waals surface area contributed by atoms with E-state index in [4.69, 9.17) is 0 Å². The molecule has 1 heteroatoms. The standard InChI is InChI=1S/C81H65F/c1-77(2)61-26-16-11-21-51(61)56-36-31-46(41-66(56)77)71-72(47-32-37-57-52-22-12-17-27-62(52)78(3,4)67(57)42-47)74(49-34-39-59-54-24-14-19-29-64(54)80(7,8)69(59)44-49)76(82)75(50-35-40-60-55-25-15-20-30-65(55)81(9,10)70(60)45-50)73(71)48-33-38-58-53-23-13-18-28-63(53)79(5,6)68(58)43-48/h11-45H,1-10H3. The first-order chi connectivity index (χ1) is 39.4. The predicted octanol–water partition coefficient (Wildman–Crippen LogP) is 21.7. The van der Waals surface area contributed by atoms with Crippen LogP contribution in [0.25, 0.3) is 111 Å². The first kappa shape index (κ1) is 49.2. The van der Waals surface area contributed by atoms with Crippen LogP contribution in [0, 0.1) is 5.82 Å². The Kier molecular flexibility index (Phi) is 9.91. The van der Waals surface area contributed by atoms with Crippen molar-refractivity contribution in [3.8, 4) is 111 Å². The molecule has 0 bridgehead atoms. The highest BCUT2D eigenvalue weighted by Crippen LogP contribution is 2.60. The van der Waals surface area contributed by atoms with E-state index in [1.165, 1.54) is 111 Å². The van der Waals surface area contributed by atoms with Crippen LogP contribution >= 0.6 is 0 Å². The molecule has 0 saturated carbocycles. The Labute approximate surface area is 483 Å². The highest BCUT2D eigenvalue weighted by Gasteiger charge is 2.43. The third-order valence-corrected chi connectivity index (χ3v) is 20.8. The maximum atomic E-state index is 20.7. The van der Waals surface area contributed by atoms with E-state index in [-0.39, 0.29) is 32.9 Å². The van der Waals surface area contributed by atoms with Gasteiger partial charge in [-0.1, -0.05) is 251 Å². The average molecular weight is 1060 g/mol. The number of rotatable bonds is 5. The SMILES string of the molecule is CC1(C)c2ccccc2-c2ccc(-c3c(F)c(-c4ccc5c(c4)C(C)(C)c4ccccc4-5)c(-c4ccc5c(c4)C(C)(C)c4ccccc4-5)c(-c4ccc5c(c4)C(C)(C)c4ccccc4-5)c3-c3ccc4c(c3)C(C)(C)c3ccccc3-4)cc21. The van der Waals surface area contributed by atoms with E-state index in [1.807, 2.05) is 0 Å². The van der Waals surface area contributed by atoms with Gasteiger partial charge in [-0.25, -0.2) is 4.39 Å². The van der Waals surface area contributed by atoms with Gasteiger partial charge in [0.1, 0.15) is 5.82 Å². The Bertz CT molecular complexity index is 4420. The molecule has 0 N–H and O–H groups in total. The zero-order valence-corrected chi connectivity index (χ0v) is 48.6. The predicted molar refractivity (Wildman–Crippen MR) is 341 cm³/mol. The van der Waals surface area contributed by atoms with Crippen molar-refractivity contribution in [3.05, 3.63) is 274 Å². The normalized spacial score (nSPS) is 16.5. The van der Waals surface area contributed by atoms with Gasteiger partial charge in [0, 0.05) is 49.3 Å². The zero-order valence-electron chi connectivity index (χ0n) is 48.6. The van der Waals surface area contributed by atoms with Gasteiger partial charge in [0.15, 0.2) is 0 Å². The van der Waals surface area contributed by atoms with Crippen LogP contribution in [0.4, 0.5) is 4.39 Å². The van der Waals surface area contributed by atoms with Crippen molar-refractivity contribution >= 4 is 0 Å². The Morgan fingerprint density at radius 3 is 0.585 bits per heavy atom. The van der Waals surface area contributed by atoms with Crippen molar-refractivity contribution in [2.75, 3.05) is 0 Å². The monoisotopic (exact) mass is 1060 g/mol. The molecule has 0 saturated heterocycles. The molecule has 5 aliphatic rings.